The van der Waals surface area contributed by atoms with E-state index in [9.17, 15) is 0 Å². The summed E-state index contributed by atoms with van der Waals surface area (Å²) in [6.07, 6.45) is 6.49. The average Bonchev–Trinajstić information content (AvgIpc) is 2.54. The number of unbranched alkanes of at least 4 members (excludes halogenated alkanes) is 1. The smallest absolute Gasteiger partial charge is 0.119 e. The van der Waals surface area contributed by atoms with Gasteiger partial charge >= 0.3 is 0 Å². The van der Waals surface area contributed by atoms with Crippen LogP contribution in [0.1, 0.15) is 24.0 Å². The van der Waals surface area contributed by atoms with Crippen molar-refractivity contribution in [1.29, 1.82) is 0 Å². The number of halogens is 2. The Morgan fingerprint density at radius 1 is 0.833 bits per heavy atom. The Morgan fingerprint density at radius 2 is 1.50 bits per heavy atom. The molecular weight excluding hydrogens is 341 g/mol. The molecular formula is C20H27Cl2NO. The summed E-state index contributed by atoms with van der Waals surface area (Å²) in [6, 6.07) is 18.6. The first-order valence-corrected chi connectivity index (χ1v) is 7.85. The van der Waals surface area contributed by atoms with Gasteiger partial charge in [-0.25, -0.2) is 0 Å². The fourth-order valence-electron chi connectivity index (χ4n) is 2.18. The molecule has 2 aromatic carbocycles. The fraction of sp³-hybridized carbons (Fsp3) is 0.300. The highest BCUT2D eigenvalue weighted by atomic mass is 35.5. The first kappa shape index (κ1) is 22.5. The van der Waals surface area contributed by atoms with E-state index < -0.39 is 0 Å². The molecule has 0 amide bonds. The molecule has 2 aromatic rings. The molecule has 0 fully saturated rings. The second kappa shape index (κ2) is 12.9. The third-order valence-corrected chi connectivity index (χ3v) is 3.39. The lowest BCUT2D eigenvalue weighted by atomic mass is 10.1. The molecule has 2 rings (SSSR count). The molecule has 0 N–H and O–H groups in total. The van der Waals surface area contributed by atoms with Crippen LogP contribution in [0.2, 0.25) is 0 Å². The summed E-state index contributed by atoms with van der Waals surface area (Å²) >= 11 is 0. The second-order valence-electron chi connectivity index (χ2n) is 5.68. The van der Waals surface area contributed by atoms with Crippen LogP contribution in [0.5, 0.6) is 5.75 Å². The first-order valence-electron chi connectivity index (χ1n) is 7.85. The van der Waals surface area contributed by atoms with Crippen LogP contribution in [-0.4, -0.2) is 32.1 Å². The van der Waals surface area contributed by atoms with Crippen molar-refractivity contribution >= 4 is 37.0 Å². The van der Waals surface area contributed by atoms with E-state index in [-0.39, 0.29) is 24.8 Å². The Morgan fingerprint density at radius 3 is 2.21 bits per heavy atom. The van der Waals surface area contributed by atoms with Gasteiger partial charge in [-0.3, -0.25) is 0 Å². The predicted molar refractivity (Wildman–Crippen MR) is 110 cm³/mol. The highest BCUT2D eigenvalue weighted by molar-refractivity contribution is 5.85. The number of ether oxygens (including phenoxy) is 1. The van der Waals surface area contributed by atoms with Crippen LogP contribution in [0, 0.1) is 0 Å². The van der Waals surface area contributed by atoms with E-state index in [0.717, 1.165) is 30.9 Å². The zero-order valence-corrected chi connectivity index (χ0v) is 16.0. The summed E-state index contributed by atoms with van der Waals surface area (Å²) in [5.41, 5.74) is 2.37. The van der Waals surface area contributed by atoms with Crippen molar-refractivity contribution in [3.05, 3.63) is 65.7 Å². The zero-order valence-electron chi connectivity index (χ0n) is 14.4. The van der Waals surface area contributed by atoms with Gasteiger partial charge < -0.3 is 9.64 Å². The summed E-state index contributed by atoms with van der Waals surface area (Å²) in [5.74, 6) is 0.945. The van der Waals surface area contributed by atoms with Gasteiger partial charge in [0, 0.05) is 0 Å². The Kier molecular flexibility index (Phi) is 12.1. The van der Waals surface area contributed by atoms with Crippen molar-refractivity contribution in [2.75, 3.05) is 27.2 Å². The van der Waals surface area contributed by atoms with Gasteiger partial charge in [-0.15, -0.1) is 24.8 Å². The second-order valence-corrected chi connectivity index (χ2v) is 5.68. The number of benzene rings is 2. The third-order valence-electron chi connectivity index (χ3n) is 3.39. The van der Waals surface area contributed by atoms with Crippen molar-refractivity contribution in [3.63, 3.8) is 0 Å². The minimum Gasteiger partial charge on any atom is -0.494 e. The summed E-state index contributed by atoms with van der Waals surface area (Å²) in [5, 5.41) is 0. The monoisotopic (exact) mass is 367 g/mol. The Labute approximate surface area is 158 Å². The maximum Gasteiger partial charge on any atom is 0.119 e. The summed E-state index contributed by atoms with van der Waals surface area (Å²) < 4.78 is 5.83. The molecule has 0 bridgehead atoms. The van der Waals surface area contributed by atoms with E-state index in [2.05, 4.69) is 55.4 Å². The van der Waals surface area contributed by atoms with Crippen molar-refractivity contribution in [2.45, 2.75) is 12.8 Å². The first-order chi connectivity index (χ1) is 10.7. The molecule has 2 nitrogen and oxygen atoms in total. The standard InChI is InChI=1S/C20H25NO.2ClH/c1-21(2)15-6-7-16-22-20-12-8-11-19(17-20)14-13-18-9-4-3-5-10-18;;/h3-5,8-14,17H,6-7,15-16H2,1-2H3;2*1H/b14-13+;;. The lowest BCUT2D eigenvalue weighted by molar-refractivity contribution is 0.293. The predicted octanol–water partition coefficient (Wildman–Crippen LogP) is 5.42. The van der Waals surface area contributed by atoms with Gasteiger partial charge in [0.25, 0.3) is 0 Å². The summed E-state index contributed by atoms with van der Waals surface area (Å²) in [4.78, 5) is 2.20. The number of hydrogen-bond acceptors (Lipinski definition) is 2. The van der Waals surface area contributed by atoms with Gasteiger partial charge in [-0.1, -0.05) is 54.6 Å². The van der Waals surface area contributed by atoms with Crippen LogP contribution in [0.15, 0.2) is 54.6 Å². The Balaban J connectivity index is 0.00000264. The fourth-order valence-corrected chi connectivity index (χ4v) is 2.18. The number of hydrogen-bond donors (Lipinski definition) is 0. The van der Waals surface area contributed by atoms with Gasteiger partial charge in [0.2, 0.25) is 0 Å². The normalized spacial score (nSPS) is 10.3. The molecule has 24 heavy (non-hydrogen) atoms. The molecule has 132 valence electrons. The minimum absolute atomic E-state index is 0. The minimum atomic E-state index is 0. The number of rotatable bonds is 8. The molecule has 0 atom stereocenters. The molecule has 0 spiro atoms. The van der Waals surface area contributed by atoms with E-state index in [4.69, 9.17) is 4.74 Å². The molecule has 0 unspecified atom stereocenters. The van der Waals surface area contributed by atoms with Crippen LogP contribution in [0.3, 0.4) is 0 Å². The van der Waals surface area contributed by atoms with Crippen LogP contribution in [-0.2, 0) is 0 Å². The van der Waals surface area contributed by atoms with Crippen LogP contribution in [0.4, 0.5) is 0 Å². The van der Waals surface area contributed by atoms with E-state index in [1.54, 1.807) is 0 Å². The highest BCUT2D eigenvalue weighted by Gasteiger charge is 1.96. The molecule has 0 heterocycles. The Bertz CT molecular complexity index is 585. The van der Waals surface area contributed by atoms with Crippen molar-refractivity contribution in [1.82, 2.24) is 4.90 Å². The van der Waals surface area contributed by atoms with Gasteiger partial charge in [0.05, 0.1) is 6.61 Å². The molecule has 0 saturated heterocycles. The summed E-state index contributed by atoms with van der Waals surface area (Å²) in [6.45, 7) is 1.89. The largest absolute Gasteiger partial charge is 0.494 e. The third kappa shape index (κ3) is 8.97. The SMILES string of the molecule is CN(C)CCCCOc1cccc(/C=C/c2ccccc2)c1.Cl.Cl. The van der Waals surface area contributed by atoms with Gasteiger partial charge in [0.1, 0.15) is 5.75 Å². The lowest BCUT2D eigenvalue weighted by Gasteiger charge is -2.10. The average molecular weight is 368 g/mol. The van der Waals surface area contributed by atoms with E-state index >= 15 is 0 Å². The quantitative estimate of drug-likeness (QED) is 0.456. The zero-order chi connectivity index (χ0) is 15.6. The molecule has 0 aliphatic rings. The van der Waals surface area contributed by atoms with Crippen molar-refractivity contribution in [2.24, 2.45) is 0 Å². The van der Waals surface area contributed by atoms with E-state index in [1.807, 2.05) is 30.3 Å². The maximum atomic E-state index is 5.83. The van der Waals surface area contributed by atoms with Crippen LogP contribution < -0.4 is 4.74 Å². The summed E-state index contributed by atoms with van der Waals surface area (Å²) in [7, 11) is 4.20. The van der Waals surface area contributed by atoms with Gasteiger partial charge in [-0.2, -0.15) is 0 Å². The van der Waals surface area contributed by atoms with Crippen LogP contribution >= 0.6 is 24.8 Å². The molecule has 0 aliphatic heterocycles. The van der Waals surface area contributed by atoms with Crippen molar-refractivity contribution in [3.8, 4) is 5.75 Å². The highest BCUT2D eigenvalue weighted by Crippen LogP contribution is 2.16. The van der Waals surface area contributed by atoms with E-state index in [1.165, 1.54) is 12.0 Å². The lowest BCUT2D eigenvalue weighted by Crippen LogP contribution is -2.13. The topological polar surface area (TPSA) is 12.5 Å². The van der Waals surface area contributed by atoms with Gasteiger partial charge in [-0.05, 0) is 56.7 Å². The molecule has 0 aromatic heterocycles. The van der Waals surface area contributed by atoms with Crippen molar-refractivity contribution < 1.29 is 4.74 Å². The molecule has 0 saturated carbocycles. The van der Waals surface area contributed by atoms with Crippen LogP contribution in [0.25, 0.3) is 12.2 Å². The van der Waals surface area contributed by atoms with Gasteiger partial charge in [0.15, 0.2) is 0 Å². The number of nitrogens with zero attached hydrogens (tertiary/aromatic N) is 1. The Hall–Kier alpha value is -1.48. The van der Waals surface area contributed by atoms with E-state index in [0.29, 0.717) is 0 Å². The molecule has 0 aliphatic carbocycles. The molecule has 4 heteroatoms. The maximum absolute atomic E-state index is 5.83. The molecule has 0 radical (unpaired) electrons.